The van der Waals surface area contributed by atoms with E-state index in [0.717, 1.165) is 5.39 Å². The van der Waals surface area contributed by atoms with Gasteiger partial charge in [-0.15, -0.1) is 0 Å². The fraction of sp³-hybridized carbons (Fsp3) is 0.333. The van der Waals surface area contributed by atoms with E-state index in [2.05, 4.69) is 4.98 Å². The van der Waals surface area contributed by atoms with Gasteiger partial charge in [-0.3, -0.25) is 4.79 Å². The number of aromatic nitrogens is 1. The predicted molar refractivity (Wildman–Crippen MR) is 75.1 cm³/mol. The summed E-state index contributed by atoms with van der Waals surface area (Å²) < 4.78 is 18.6. The Morgan fingerprint density at radius 1 is 1.43 bits per heavy atom. The van der Waals surface area contributed by atoms with Crippen LogP contribution in [0.5, 0.6) is 5.75 Å². The van der Waals surface area contributed by atoms with Crippen LogP contribution in [0.3, 0.4) is 0 Å². The van der Waals surface area contributed by atoms with Crippen molar-refractivity contribution in [1.82, 2.24) is 9.88 Å². The number of ether oxygens (including phenoxy) is 1. The minimum atomic E-state index is -1.41. The van der Waals surface area contributed by atoms with E-state index in [1.807, 2.05) is 18.2 Å². The number of aliphatic hydroxyl groups is 1. The lowest BCUT2D eigenvalue weighted by Gasteiger charge is -2.15. The Hall–Kier alpha value is -2.21. The van der Waals surface area contributed by atoms with Crippen molar-refractivity contribution in [2.45, 2.75) is 12.3 Å². The second-order valence-electron chi connectivity index (χ2n) is 5.02. The van der Waals surface area contributed by atoms with Gasteiger partial charge in [0, 0.05) is 18.0 Å². The van der Waals surface area contributed by atoms with Crippen molar-refractivity contribution in [3.63, 3.8) is 0 Å². The zero-order valence-electron chi connectivity index (χ0n) is 11.5. The average Bonchev–Trinajstić information content (AvgIpc) is 2.84. The number of carbonyl (C=O) groups is 1. The standard InChI is InChI=1S/C15H15FN2O3/c1-21-14-6-12(17-11-5-3-2-4-9(11)14)15(20)18-7-10(16)13(19)8-18/h2-6,10,13,19H,7-8H2,1H3/t10-,13-/m1/s1. The van der Waals surface area contributed by atoms with Crippen LogP contribution in [-0.4, -0.2) is 53.4 Å². The highest BCUT2D eigenvalue weighted by molar-refractivity contribution is 5.97. The first-order valence-electron chi connectivity index (χ1n) is 6.65. The summed E-state index contributed by atoms with van der Waals surface area (Å²) in [5.41, 5.74) is 0.823. The zero-order chi connectivity index (χ0) is 15.0. The maximum Gasteiger partial charge on any atom is 0.272 e. The van der Waals surface area contributed by atoms with Gasteiger partial charge in [-0.2, -0.15) is 0 Å². The number of methoxy groups -OCH3 is 1. The molecule has 1 aliphatic rings. The summed E-state index contributed by atoms with van der Waals surface area (Å²) in [6.07, 6.45) is -2.53. The number of para-hydroxylation sites is 1. The van der Waals surface area contributed by atoms with Gasteiger partial charge < -0.3 is 14.7 Å². The molecule has 1 fully saturated rings. The van der Waals surface area contributed by atoms with Gasteiger partial charge in [-0.25, -0.2) is 9.37 Å². The van der Waals surface area contributed by atoms with Crippen molar-refractivity contribution < 1.29 is 19.0 Å². The summed E-state index contributed by atoms with van der Waals surface area (Å²) in [5, 5.41) is 10.2. The highest BCUT2D eigenvalue weighted by Crippen LogP contribution is 2.26. The van der Waals surface area contributed by atoms with Crippen LogP contribution in [0.25, 0.3) is 10.9 Å². The van der Waals surface area contributed by atoms with Crippen LogP contribution in [0.2, 0.25) is 0 Å². The van der Waals surface area contributed by atoms with Crippen molar-refractivity contribution in [3.05, 3.63) is 36.0 Å². The molecular formula is C15H15FN2O3. The highest BCUT2D eigenvalue weighted by atomic mass is 19.1. The molecule has 2 atom stereocenters. The number of alkyl halides is 1. The molecule has 0 saturated carbocycles. The Labute approximate surface area is 121 Å². The molecule has 0 unspecified atom stereocenters. The fourth-order valence-electron chi connectivity index (χ4n) is 2.50. The molecule has 2 heterocycles. The molecule has 0 radical (unpaired) electrons. The Balaban J connectivity index is 1.99. The monoisotopic (exact) mass is 290 g/mol. The molecule has 110 valence electrons. The maximum absolute atomic E-state index is 13.4. The number of amides is 1. The second-order valence-corrected chi connectivity index (χ2v) is 5.02. The van der Waals surface area contributed by atoms with Gasteiger partial charge in [-0.1, -0.05) is 12.1 Å². The number of fused-ring (bicyclic) bond motifs is 1. The molecule has 3 rings (SSSR count). The van der Waals surface area contributed by atoms with E-state index in [4.69, 9.17) is 4.74 Å². The number of β-amino-alcohol motifs (C(OH)–C–C–N with tert-alkyl or cyclic N) is 1. The third-order valence-corrected chi connectivity index (χ3v) is 3.62. The number of rotatable bonds is 2. The molecule has 1 saturated heterocycles. The van der Waals surface area contributed by atoms with Crippen LogP contribution in [0, 0.1) is 0 Å². The van der Waals surface area contributed by atoms with Crippen LogP contribution in [0.4, 0.5) is 4.39 Å². The molecule has 0 spiro atoms. The predicted octanol–water partition coefficient (Wildman–Crippen LogP) is 1.40. The van der Waals surface area contributed by atoms with Crippen LogP contribution in [0.15, 0.2) is 30.3 Å². The molecule has 1 N–H and O–H groups in total. The topological polar surface area (TPSA) is 62.7 Å². The minimum Gasteiger partial charge on any atom is -0.496 e. The van der Waals surface area contributed by atoms with Crippen molar-refractivity contribution >= 4 is 16.8 Å². The molecule has 0 aliphatic carbocycles. The largest absolute Gasteiger partial charge is 0.496 e. The number of likely N-dealkylation sites (tertiary alicyclic amines) is 1. The molecule has 1 aliphatic heterocycles. The Morgan fingerprint density at radius 2 is 2.19 bits per heavy atom. The van der Waals surface area contributed by atoms with E-state index < -0.39 is 18.2 Å². The van der Waals surface area contributed by atoms with Crippen LogP contribution < -0.4 is 4.74 Å². The lowest BCUT2D eigenvalue weighted by molar-refractivity contribution is 0.0758. The average molecular weight is 290 g/mol. The van der Waals surface area contributed by atoms with Gasteiger partial charge >= 0.3 is 0 Å². The molecule has 1 aromatic heterocycles. The molecule has 0 bridgehead atoms. The lowest BCUT2D eigenvalue weighted by Crippen LogP contribution is -2.30. The number of nitrogens with zero attached hydrogens (tertiary/aromatic N) is 2. The summed E-state index contributed by atoms with van der Waals surface area (Å²) in [4.78, 5) is 18.0. The van der Waals surface area contributed by atoms with Gasteiger partial charge in [0.15, 0.2) is 0 Å². The third kappa shape index (κ3) is 2.42. The van der Waals surface area contributed by atoms with Crippen LogP contribution in [0.1, 0.15) is 10.5 Å². The Bertz CT molecular complexity index is 682. The molecule has 2 aromatic rings. The van der Waals surface area contributed by atoms with Crippen LogP contribution >= 0.6 is 0 Å². The molecule has 1 amide bonds. The Kier molecular flexibility index (Phi) is 3.47. The minimum absolute atomic E-state index is 0.0170. The molecular weight excluding hydrogens is 275 g/mol. The van der Waals surface area contributed by atoms with Gasteiger partial charge in [0.1, 0.15) is 23.7 Å². The summed E-state index contributed by atoms with van der Waals surface area (Å²) >= 11 is 0. The number of carbonyl (C=O) groups excluding carboxylic acids is 1. The third-order valence-electron chi connectivity index (χ3n) is 3.62. The maximum atomic E-state index is 13.4. The molecule has 5 nitrogen and oxygen atoms in total. The number of hydrogen-bond donors (Lipinski definition) is 1. The van der Waals surface area contributed by atoms with Crippen LogP contribution in [-0.2, 0) is 0 Å². The normalized spacial score (nSPS) is 21.8. The molecule has 6 heteroatoms. The van der Waals surface area contributed by atoms with Gasteiger partial charge in [-0.05, 0) is 12.1 Å². The number of benzene rings is 1. The number of halogens is 1. The Morgan fingerprint density at radius 3 is 2.86 bits per heavy atom. The van der Waals surface area contributed by atoms with Crippen molar-refractivity contribution in [2.24, 2.45) is 0 Å². The van der Waals surface area contributed by atoms with Crippen molar-refractivity contribution in [1.29, 1.82) is 0 Å². The number of pyridine rings is 1. The van der Waals surface area contributed by atoms with E-state index >= 15 is 0 Å². The lowest BCUT2D eigenvalue weighted by atomic mass is 10.1. The number of hydrogen-bond acceptors (Lipinski definition) is 4. The number of aliphatic hydroxyl groups excluding tert-OH is 1. The van der Waals surface area contributed by atoms with E-state index in [9.17, 15) is 14.3 Å². The zero-order valence-corrected chi connectivity index (χ0v) is 11.5. The van der Waals surface area contributed by atoms with Gasteiger partial charge in [0.25, 0.3) is 5.91 Å². The van der Waals surface area contributed by atoms with E-state index in [1.54, 1.807) is 12.1 Å². The summed E-state index contributed by atoms with van der Waals surface area (Å²) in [7, 11) is 1.52. The SMILES string of the molecule is COc1cc(C(=O)N2C[C@@H](O)[C@H](F)C2)nc2ccccc12. The van der Waals surface area contributed by atoms with Crippen molar-refractivity contribution in [2.75, 3.05) is 20.2 Å². The quantitative estimate of drug-likeness (QED) is 0.908. The fourth-order valence-corrected chi connectivity index (χ4v) is 2.50. The molecule has 21 heavy (non-hydrogen) atoms. The van der Waals surface area contributed by atoms with Crippen molar-refractivity contribution in [3.8, 4) is 5.75 Å². The first-order valence-corrected chi connectivity index (χ1v) is 6.65. The van der Waals surface area contributed by atoms with Gasteiger partial charge in [0.05, 0.1) is 19.2 Å². The first-order chi connectivity index (χ1) is 10.1. The van der Waals surface area contributed by atoms with E-state index in [0.29, 0.717) is 11.3 Å². The summed E-state index contributed by atoms with van der Waals surface area (Å²) in [6, 6.07) is 8.86. The summed E-state index contributed by atoms with van der Waals surface area (Å²) in [5.74, 6) is 0.138. The summed E-state index contributed by atoms with van der Waals surface area (Å²) in [6.45, 7) is -0.131. The molecule has 1 aromatic carbocycles. The smallest absolute Gasteiger partial charge is 0.272 e. The highest BCUT2D eigenvalue weighted by Gasteiger charge is 2.35. The first kappa shape index (κ1) is 13.8. The van der Waals surface area contributed by atoms with E-state index in [-0.39, 0.29) is 18.8 Å². The van der Waals surface area contributed by atoms with Gasteiger partial charge in [0.2, 0.25) is 0 Å². The second kappa shape index (κ2) is 5.29. The van der Waals surface area contributed by atoms with E-state index in [1.165, 1.54) is 12.0 Å².